The Balaban J connectivity index is 1.84. The lowest BCUT2D eigenvalue weighted by molar-refractivity contribution is -0.274. The maximum atomic E-state index is 15.1. The predicted octanol–water partition coefficient (Wildman–Crippen LogP) is 4.06. The Morgan fingerprint density at radius 1 is 1.09 bits per heavy atom. The van der Waals surface area contributed by atoms with E-state index >= 15 is 4.79 Å². The number of halogens is 4. The van der Waals surface area contributed by atoms with E-state index in [1.54, 1.807) is 25.1 Å². The average molecular weight is 668 g/mol. The second-order valence-corrected chi connectivity index (χ2v) is 13.2. The quantitative estimate of drug-likeness (QED) is 0.401. The van der Waals surface area contributed by atoms with Crippen molar-refractivity contribution in [3.8, 4) is 11.5 Å². The number of β-amino-alcohol motifs (C(OH)–C–C–N with tert-alkyl or cyclic N) is 1. The number of aliphatic hydroxyl groups is 1. The van der Waals surface area contributed by atoms with Crippen LogP contribution in [0.5, 0.6) is 11.5 Å². The highest BCUT2D eigenvalue weighted by Gasteiger charge is 2.64. The monoisotopic (exact) mass is 667 g/mol. The van der Waals surface area contributed by atoms with E-state index in [-0.39, 0.29) is 40.6 Å². The number of carbonyl (C=O) groups is 2. The number of fused-ring (bicyclic) bond motifs is 1. The first-order valence-corrected chi connectivity index (χ1v) is 15.4. The van der Waals surface area contributed by atoms with Crippen LogP contribution < -0.4 is 13.8 Å². The molecule has 2 amide bonds. The first kappa shape index (κ1) is 32.5. The molecule has 0 spiro atoms. The minimum atomic E-state index is -5.10. The standard InChI is InChI=1S/C30H29ClF3N3O7S/c1-17-8-11-26(43-4)23(12-17)29(36-16-19(38)14-25(36)27(39)35(2)3)22-13-18(31)9-10-24(22)37(28(29)40)45(41,42)21-7-5-6-20(15-21)44-30(32,33)34/h5-13,15,19,25,38H,14,16H2,1-4H3/t19-,25+,29?/m1/s1. The summed E-state index contributed by atoms with van der Waals surface area (Å²) in [6, 6.07) is 11.6. The smallest absolute Gasteiger partial charge is 0.496 e. The van der Waals surface area contributed by atoms with Gasteiger partial charge in [-0.1, -0.05) is 29.3 Å². The van der Waals surface area contributed by atoms with Crippen molar-refractivity contribution in [2.24, 2.45) is 0 Å². The molecule has 2 aliphatic heterocycles. The molecule has 0 saturated carbocycles. The molecule has 1 N–H and O–H groups in total. The molecule has 2 aliphatic rings. The van der Waals surface area contributed by atoms with Gasteiger partial charge in [0.25, 0.3) is 15.9 Å². The summed E-state index contributed by atoms with van der Waals surface area (Å²) in [4.78, 5) is 30.8. The molecule has 2 heterocycles. The number of anilines is 1. The molecule has 240 valence electrons. The summed E-state index contributed by atoms with van der Waals surface area (Å²) in [5.74, 6) is -2.15. The number of carbonyl (C=O) groups excluding carboxylic acids is 2. The number of amides is 2. The summed E-state index contributed by atoms with van der Waals surface area (Å²) < 4.78 is 77.8. The van der Waals surface area contributed by atoms with E-state index in [2.05, 4.69) is 4.74 Å². The SMILES string of the molecule is COc1ccc(C)cc1C1(N2C[C@H](O)C[C@H]2C(=O)N(C)C)C(=O)N(S(=O)(=O)c2cccc(OC(F)(F)F)c2)c2ccc(Cl)cc21. The fraction of sp³-hybridized carbons (Fsp3) is 0.333. The zero-order valence-electron chi connectivity index (χ0n) is 24.5. The number of hydrogen-bond acceptors (Lipinski definition) is 8. The van der Waals surface area contributed by atoms with Crippen molar-refractivity contribution in [1.82, 2.24) is 9.80 Å². The van der Waals surface area contributed by atoms with Crippen molar-refractivity contribution >= 4 is 39.1 Å². The summed E-state index contributed by atoms with van der Waals surface area (Å²) in [7, 11) is -0.541. The molecule has 0 radical (unpaired) electrons. The molecule has 3 aromatic carbocycles. The van der Waals surface area contributed by atoms with Gasteiger partial charge in [-0.25, -0.2) is 12.7 Å². The molecule has 10 nitrogen and oxygen atoms in total. The molecule has 45 heavy (non-hydrogen) atoms. The fourth-order valence-electron chi connectivity index (χ4n) is 6.04. The van der Waals surface area contributed by atoms with Crippen LogP contribution in [0.2, 0.25) is 5.02 Å². The Morgan fingerprint density at radius 2 is 1.80 bits per heavy atom. The molecule has 1 saturated heterocycles. The zero-order chi connectivity index (χ0) is 33.1. The van der Waals surface area contributed by atoms with E-state index in [4.69, 9.17) is 16.3 Å². The van der Waals surface area contributed by atoms with Crippen LogP contribution in [0.1, 0.15) is 23.1 Å². The van der Waals surface area contributed by atoms with Gasteiger partial charge in [0.2, 0.25) is 5.91 Å². The van der Waals surface area contributed by atoms with E-state index in [0.29, 0.717) is 15.9 Å². The highest BCUT2D eigenvalue weighted by atomic mass is 35.5. The van der Waals surface area contributed by atoms with Gasteiger partial charge in [-0.3, -0.25) is 14.5 Å². The maximum absolute atomic E-state index is 15.1. The number of methoxy groups -OCH3 is 1. The lowest BCUT2D eigenvalue weighted by Gasteiger charge is -2.42. The molecule has 3 aromatic rings. The van der Waals surface area contributed by atoms with Crippen LogP contribution in [-0.4, -0.2) is 81.4 Å². The highest BCUT2D eigenvalue weighted by molar-refractivity contribution is 7.93. The minimum absolute atomic E-state index is 0.0698. The number of rotatable bonds is 7. The Hall–Kier alpha value is -3.85. The van der Waals surface area contributed by atoms with Crippen LogP contribution in [0, 0.1) is 6.92 Å². The molecule has 3 atom stereocenters. The lowest BCUT2D eigenvalue weighted by atomic mass is 9.80. The van der Waals surface area contributed by atoms with E-state index < -0.39 is 56.5 Å². The van der Waals surface area contributed by atoms with Gasteiger partial charge in [-0.15, -0.1) is 13.2 Å². The fourth-order valence-corrected chi connectivity index (χ4v) is 7.70. The number of benzene rings is 3. The number of likely N-dealkylation sites (tertiary alicyclic amines) is 1. The van der Waals surface area contributed by atoms with E-state index in [1.807, 2.05) is 0 Å². The van der Waals surface area contributed by atoms with Gasteiger partial charge in [0.05, 0.1) is 29.8 Å². The van der Waals surface area contributed by atoms with Crippen molar-refractivity contribution in [3.63, 3.8) is 0 Å². The molecular weight excluding hydrogens is 639 g/mol. The second-order valence-electron chi connectivity index (χ2n) is 11.0. The summed E-state index contributed by atoms with van der Waals surface area (Å²) in [5.41, 5.74) is -1.34. The van der Waals surface area contributed by atoms with E-state index in [1.165, 1.54) is 49.2 Å². The highest BCUT2D eigenvalue weighted by Crippen LogP contribution is 2.55. The Labute approximate surface area is 262 Å². The van der Waals surface area contributed by atoms with Gasteiger partial charge in [-0.2, -0.15) is 0 Å². The molecule has 0 bridgehead atoms. The summed E-state index contributed by atoms with van der Waals surface area (Å²) in [6.07, 6.45) is -6.25. The van der Waals surface area contributed by atoms with E-state index in [0.717, 1.165) is 18.2 Å². The number of alkyl halides is 3. The topological polar surface area (TPSA) is 117 Å². The van der Waals surface area contributed by atoms with Crippen molar-refractivity contribution < 1.29 is 45.8 Å². The van der Waals surface area contributed by atoms with Crippen molar-refractivity contribution in [3.05, 3.63) is 82.4 Å². The van der Waals surface area contributed by atoms with Gasteiger partial charge in [0, 0.05) is 42.9 Å². The third-order valence-electron chi connectivity index (χ3n) is 7.82. The summed E-state index contributed by atoms with van der Waals surface area (Å²) >= 11 is 6.46. The summed E-state index contributed by atoms with van der Waals surface area (Å²) in [6.45, 7) is 1.53. The van der Waals surface area contributed by atoms with Crippen LogP contribution in [0.3, 0.4) is 0 Å². The van der Waals surface area contributed by atoms with Crippen molar-refractivity contribution in [1.29, 1.82) is 0 Å². The first-order chi connectivity index (χ1) is 21.0. The number of sulfonamides is 1. The largest absolute Gasteiger partial charge is 0.573 e. The normalized spacial score (nSPS) is 22.0. The molecule has 0 aromatic heterocycles. The van der Waals surface area contributed by atoms with Crippen molar-refractivity contribution in [2.75, 3.05) is 32.1 Å². The van der Waals surface area contributed by atoms with Gasteiger partial charge in [0.15, 0.2) is 5.54 Å². The third kappa shape index (κ3) is 5.49. The molecule has 0 aliphatic carbocycles. The number of aryl methyl sites for hydroxylation is 1. The van der Waals surface area contributed by atoms with Gasteiger partial charge < -0.3 is 19.5 Å². The van der Waals surface area contributed by atoms with Gasteiger partial charge >= 0.3 is 6.36 Å². The minimum Gasteiger partial charge on any atom is -0.496 e. The molecule has 5 rings (SSSR count). The van der Waals surface area contributed by atoms with E-state index in [9.17, 15) is 31.5 Å². The third-order valence-corrected chi connectivity index (χ3v) is 9.75. The predicted molar refractivity (Wildman–Crippen MR) is 158 cm³/mol. The van der Waals surface area contributed by atoms with Crippen molar-refractivity contribution in [2.45, 2.75) is 42.3 Å². The van der Waals surface area contributed by atoms with Crippen LogP contribution in [0.25, 0.3) is 0 Å². The van der Waals surface area contributed by atoms with Crippen LogP contribution in [0.4, 0.5) is 18.9 Å². The van der Waals surface area contributed by atoms with Crippen LogP contribution in [-0.2, 0) is 25.2 Å². The Morgan fingerprint density at radius 3 is 2.44 bits per heavy atom. The van der Waals surface area contributed by atoms with Gasteiger partial charge in [0.1, 0.15) is 11.5 Å². The van der Waals surface area contributed by atoms with Gasteiger partial charge in [-0.05, 0) is 55.8 Å². The first-order valence-electron chi connectivity index (χ1n) is 13.6. The zero-order valence-corrected chi connectivity index (χ0v) is 26.1. The molecular formula is C30H29ClF3N3O7S. The maximum Gasteiger partial charge on any atom is 0.573 e. The Bertz CT molecular complexity index is 1790. The molecule has 1 unspecified atom stereocenters. The lowest BCUT2D eigenvalue weighted by Crippen LogP contribution is -2.59. The Kier molecular flexibility index (Phi) is 8.32. The number of likely N-dealkylation sites (N-methyl/N-ethyl adjacent to an activating group) is 1. The number of hydrogen-bond donors (Lipinski definition) is 1. The molecule has 1 fully saturated rings. The number of nitrogens with zero attached hydrogens (tertiary/aromatic N) is 3. The second kappa shape index (κ2) is 11.5. The van der Waals surface area contributed by atoms with Crippen LogP contribution >= 0.6 is 11.6 Å². The number of ether oxygens (including phenoxy) is 2. The average Bonchev–Trinajstić information content (AvgIpc) is 3.46. The summed E-state index contributed by atoms with van der Waals surface area (Å²) in [5, 5.41) is 11.0. The number of aliphatic hydroxyl groups excluding tert-OH is 1. The molecule has 15 heteroatoms. The van der Waals surface area contributed by atoms with Crippen LogP contribution in [0.15, 0.2) is 65.6 Å².